The normalized spacial score (nSPS) is 41.4. The van der Waals surface area contributed by atoms with Crippen molar-refractivity contribution in [2.75, 3.05) is 0 Å². The molecule has 7 atom stereocenters. The third kappa shape index (κ3) is 3.67. The van der Waals surface area contributed by atoms with E-state index in [1.54, 1.807) is 18.1 Å². The lowest BCUT2D eigenvalue weighted by atomic mass is 9.49. The number of Topliss-reactive ketones (excluding diaryl/α,β-unsaturated/α-hetero) is 1. The molecule has 0 spiro atoms. The van der Waals surface area contributed by atoms with Gasteiger partial charge in [-0.05, 0) is 92.3 Å². The van der Waals surface area contributed by atoms with E-state index in [0.717, 1.165) is 42.4 Å². The summed E-state index contributed by atoms with van der Waals surface area (Å²) in [5, 5.41) is 0. The average Bonchev–Trinajstić information content (AvgIpc) is 3.04. The van der Waals surface area contributed by atoms with Gasteiger partial charge in [-0.2, -0.15) is 0 Å². The predicted octanol–water partition coefficient (Wildman–Crippen LogP) is 8.15. The van der Waals surface area contributed by atoms with Gasteiger partial charge in [0.2, 0.25) is 0 Å². The Morgan fingerprint density at radius 2 is 1.77 bits per heavy atom. The molecule has 0 heterocycles. The predicted molar refractivity (Wildman–Crippen MR) is 127 cm³/mol. The van der Waals surface area contributed by atoms with Gasteiger partial charge in [-0.1, -0.05) is 77.2 Å². The zero-order chi connectivity index (χ0) is 21.7. The minimum Gasteiger partial charge on any atom is -0.300 e. The first-order chi connectivity index (χ1) is 14.2. The van der Waals surface area contributed by atoms with Gasteiger partial charge in [-0.15, -0.1) is 0 Å². The molecule has 0 aromatic rings. The maximum Gasteiger partial charge on any atom is 0.133 e. The van der Waals surface area contributed by atoms with Crippen molar-refractivity contribution in [1.82, 2.24) is 0 Å². The van der Waals surface area contributed by atoms with Crippen LogP contribution in [0.4, 0.5) is 0 Å². The molecule has 0 bridgehead atoms. The highest BCUT2D eigenvalue weighted by Gasteiger charge is 2.57. The fourth-order valence-electron chi connectivity index (χ4n) is 8.37. The van der Waals surface area contributed by atoms with Crippen LogP contribution in [0, 0.1) is 46.3 Å². The van der Waals surface area contributed by atoms with Crippen molar-refractivity contribution in [3.05, 3.63) is 23.3 Å². The van der Waals surface area contributed by atoms with Crippen LogP contribution in [-0.4, -0.2) is 5.78 Å². The van der Waals surface area contributed by atoms with Gasteiger partial charge in [0.05, 0.1) is 0 Å². The minimum absolute atomic E-state index is 0.274. The van der Waals surface area contributed by atoms with Gasteiger partial charge in [0.25, 0.3) is 0 Å². The molecule has 1 heteroatoms. The van der Waals surface area contributed by atoms with E-state index in [1.807, 2.05) is 0 Å². The molecule has 4 aliphatic carbocycles. The Balaban J connectivity index is 1.53. The Kier molecular flexibility index (Phi) is 6.15. The fourth-order valence-corrected chi connectivity index (χ4v) is 8.37. The standard InChI is InChI=1S/C29H46O/c1-19(2)8-7-9-20(3)25-12-13-26-24-11-10-23-18-22(21(4)30)14-16-28(23,5)27(24)15-17-29(25,26)6/h10-11,19-20,22,25-27H,7-9,12-18H2,1-6H3. The summed E-state index contributed by atoms with van der Waals surface area (Å²) in [4.78, 5) is 12.0. The molecule has 0 radical (unpaired) electrons. The molecule has 30 heavy (non-hydrogen) atoms. The SMILES string of the molecule is CC(=O)C1CCC2(C)C(=CC=C3C2CCC2(C)C3CCC2C(C)CCCC(C)C)C1. The number of allylic oxidation sites excluding steroid dienone is 4. The van der Waals surface area contributed by atoms with E-state index in [2.05, 4.69) is 46.8 Å². The molecule has 3 saturated carbocycles. The lowest BCUT2D eigenvalue weighted by Gasteiger charge is -2.55. The largest absolute Gasteiger partial charge is 0.300 e. The minimum atomic E-state index is 0.274. The van der Waals surface area contributed by atoms with E-state index in [-0.39, 0.29) is 5.92 Å². The molecule has 0 aliphatic heterocycles. The highest BCUT2D eigenvalue weighted by Crippen LogP contribution is 2.66. The van der Waals surface area contributed by atoms with Gasteiger partial charge in [0, 0.05) is 5.92 Å². The molecule has 1 nitrogen and oxygen atoms in total. The molecule has 0 N–H and O–H groups in total. The highest BCUT2D eigenvalue weighted by molar-refractivity contribution is 5.79. The van der Waals surface area contributed by atoms with Gasteiger partial charge >= 0.3 is 0 Å². The van der Waals surface area contributed by atoms with Crippen LogP contribution < -0.4 is 0 Å². The lowest BCUT2D eigenvalue weighted by Crippen LogP contribution is -2.46. The zero-order valence-electron chi connectivity index (χ0n) is 20.6. The molecular formula is C29H46O. The van der Waals surface area contributed by atoms with Crippen molar-refractivity contribution in [3.8, 4) is 0 Å². The van der Waals surface area contributed by atoms with E-state index in [4.69, 9.17) is 0 Å². The molecule has 4 aliphatic rings. The van der Waals surface area contributed by atoms with Crippen molar-refractivity contribution >= 4 is 5.78 Å². The summed E-state index contributed by atoms with van der Waals surface area (Å²) in [5.74, 6) is 4.82. The van der Waals surface area contributed by atoms with Crippen LogP contribution in [-0.2, 0) is 4.79 Å². The second kappa shape index (κ2) is 8.25. The van der Waals surface area contributed by atoms with E-state index in [0.29, 0.717) is 16.6 Å². The molecule has 168 valence electrons. The summed E-state index contributed by atoms with van der Waals surface area (Å²) in [7, 11) is 0. The summed E-state index contributed by atoms with van der Waals surface area (Å²) < 4.78 is 0. The monoisotopic (exact) mass is 410 g/mol. The maximum atomic E-state index is 12.0. The third-order valence-electron chi connectivity index (χ3n) is 10.3. The maximum absolute atomic E-state index is 12.0. The third-order valence-corrected chi connectivity index (χ3v) is 10.3. The second-order valence-electron chi connectivity index (χ2n) is 12.5. The van der Waals surface area contributed by atoms with E-state index in [1.165, 1.54) is 51.4 Å². The number of hydrogen-bond acceptors (Lipinski definition) is 1. The van der Waals surface area contributed by atoms with Crippen LogP contribution in [0.5, 0.6) is 0 Å². The first-order valence-corrected chi connectivity index (χ1v) is 13.1. The van der Waals surface area contributed by atoms with Gasteiger partial charge < -0.3 is 0 Å². The number of carbonyl (C=O) groups excluding carboxylic acids is 1. The Labute approximate surface area is 186 Å². The first-order valence-electron chi connectivity index (χ1n) is 13.1. The summed E-state index contributed by atoms with van der Waals surface area (Å²) in [5.41, 5.74) is 4.21. The topological polar surface area (TPSA) is 17.1 Å². The van der Waals surface area contributed by atoms with Crippen LogP contribution in [0.1, 0.15) is 106 Å². The molecule has 7 unspecified atom stereocenters. The molecule has 3 fully saturated rings. The van der Waals surface area contributed by atoms with Crippen LogP contribution >= 0.6 is 0 Å². The van der Waals surface area contributed by atoms with Crippen molar-refractivity contribution in [1.29, 1.82) is 0 Å². The first kappa shape index (κ1) is 22.3. The van der Waals surface area contributed by atoms with E-state index in [9.17, 15) is 4.79 Å². The molecule has 0 aromatic heterocycles. The summed E-state index contributed by atoms with van der Waals surface area (Å²) in [6, 6.07) is 0. The van der Waals surface area contributed by atoms with Gasteiger partial charge in [-0.25, -0.2) is 0 Å². The molecule has 0 amide bonds. The van der Waals surface area contributed by atoms with Crippen LogP contribution in [0.15, 0.2) is 23.3 Å². The Morgan fingerprint density at radius 3 is 2.47 bits per heavy atom. The molecule has 0 saturated heterocycles. The van der Waals surface area contributed by atoms with Crippen molar-refractivity contribution in [3.63, 3.8) is 0 Å². The Morgan fingerprint density at radius 1 is 1.00 bits per heavy atom. The number of rotatable bonds is 6. The zero-order valence-corrected chi connectivity index (χ0v) is 20.6. The highest BCUT2D eigenvalue weighted by atomic mass is 16.1. The molecule has 4 rings (SSSR count). The van der Waals surface area contributed by atoms with Gasteiger partial charge in [-0.3, -0.25) is 4.79 Å². The lowest BCUT2D eigenvalue weighted by molar-refractivity contribution is -0.121. The van der Waals surface area contributed by atoms with Crippen molar-refractivity contribution < 1.29 is 4.79 Å². The fraction of sp³-hybridized carbons (Fsp3) is 0.828. The molecule has 0 aromatic carbocycles. The number of carbonyl (C=O) groups is 1. The smallest absolute Gasteiger partial charge is 0.133 e. The van der Waals surface area contributed by atoms with E-state index < -0.39 is 0 Å². The average molecular weight is 411 g/mol. The number of fused-ring (bicyclic) bond motifs is 5. The quantitative estimate of drug-likeness (QED) is 0.431. The van der Waals surface area contributed by atoms with E-state index >= 15 is 0 Å². The Hall–Kier alpha value is -0.850. The number of ketones is 1. The molecular weight excluding hydrogens is 364 g/mol. The summed E-state index contributed by atoms with van der Waals surface area (Å²) >= 11 is 0. The van der Waals surface area contributed by atoms with Crippen LogP contribution in [0.3, 0.4) is 0 Å². The Bertz CT molecular complexity index is 727. The van der Waals surface area contributed by atoms with Gasteiger partial charge in [0.1, 0.15) is 5.78 Å². The second-order valence-corrected chi connectivity index (χ2v) is 12.5. The van der Waals surface area contributed by atoms with Gasteiger partial charge in [0.15, 0.2) is 0 Å². The summed E-state index contributed by atoms with van der Waals surface area (Å²) in [6.07, 6.45) is 18.2. The van der Waals surface area contributed by atoms with Crippen molar-refractivity contribution in [2.24, 2.45) is 46.3 Å². The number of hydrogen-bond donors (Lipinski definition) is 0. The van der Waals surface area contributed by atoms with Crippen molar-refractivity contribution in [2.45, 2.75) is 106 Å². The van der Waals surface area contributed by atoms with Crippen LogP contribution in [0.2, 0.25) is 0 Å². The summed E-state index contributed by atoms with van der Waals surface area (Å²) in [6.45, 7) is 14.3. The van der Waals surface area contributed by atoms with Crippen LogP contribution in [0.25, 0.3) is 0 Å².